The van der Waals surface area contributed by atoms with Crippen molar-refractivity contribution in [3.8, 4) is 23.0 Å². The van der Waals surface area contributed by atoms with Gasteiger partial charge in [-0.2, -0.15) is 0 Å². The monoisotopic (exact) mass is 597 g/mol. The second kappa shape index (κ2) is 12.9. The Bertz CT molecular complexity index is 1670. The number of likely N-dealkylation sites (tertiary alicyclic amines) is 1. The van der Waals surface area contributed by atoms with Gasteiger partial charge in [-0.25, -0.2) is 17.2 Å². The first-order valence-corrected chi connectivity index (χ1v) is 15.3. The fourth-order valence-corrected chi connectivity index (χ4v) is 6.22. The van der Waals surface area contributed by atoms with E-state index in [0.717, 1.165) is 50.2 Å². The van der Waals surface area contributed by atoms with E-state index in [2.05, 4.69) is 21.5 Å². The van der Waals surface area contributed by atoms with E-state index in [9.17, 15) is 12.8 Å². The minimum Gasteiger partial charge on any atom is -0.493 e. The van der Waals surface area contributed by atoms with Crippen molar-refractivity contribution >= 4 is 26.6 Å². The van der Waals surface area contributed by atoms with Crippen molar-refractivity contribution in [3.63, 3.8) is 0 Å². The number of fused-ring (bicyclic) bond motifs is 1. The van der Waals surface area contributed by atoms with Gasteiger partial charge in [0.1, 0.15) is 16.5 Å². The van der Waals surface area contributed by atoms with Crippen LogP contribution in [0.3, 0.4) is 0 Å². The summed E-state index contributed by atoms with van der Waals surface area (Å²) in [5.74, 6) is 0.234. The molecule has 1 unspecified atom stereocenters. The minimum atomic E-state index is -4.26. The third-order valence-electron chi connectivity index (χ3n) is 7.13. The van der Waals surface area contributed by atoms with Crippen molar-refractivity contribution in [3.05, 3.63) is 78.5 Å². The lowest BCUT2D eigenvalue weighted by atomic mass is 10.0. The Kier molecular flexibility index (Phi) is 9.08. The van der Waals surface area contributed by atoms with Gasteiger partial charge in [-0.1, -0.05) is 19.1 Å². The maximum Gasteiger partial charge on any atom is 0.264 e. The quantitative estimate of drug-likeness (QED) is 0.195. The van der Waals surface area contributed by atoms with Gasteiger partial charge in [-0.15, -0.1) is 0 Å². The van der Waals surface area contributed by atoms with Crippen LogP contribution in [0.4, 0.5) is 14.5 Å². The number of rotatable bonds is 11. The van der Waals surface area contributed by atoms with Crippen LogP contribution in [0.15, 0.2) is 71.8 Å². The second-order valence-electron chi connectivity index (χ2n) is 10.4. The molecule has 0 saturated carbocycles. The first-order valence-electron chi connectivity index (χ1n) is 13.8. The standard InChI is InChI=1S/C31H33F2N3O5S/c1-21-7-5-14-36(20-21)15-6-16-40-30-19-26-23(18-29(30)39-2)27(12-13-34-26)41-28-11-10-22(17-25(28)33)35-42(37,38)31-9-4-3-8-24(31)32/h3-4,8-13,17-19,21,35H,5-7,14-16,20H2,1-2H3. The predicted octanol–water partition coefficient (Wildman–Crippen LogP) is 6.62. The first-order chi connectivity index (χ1) is 20.2. The Morgan fingerprint density at radius 1 is 1.00 bits per heavy atom. The number of sulfonamides is 1. The van der Waals surface area contributed by atoms with Gasteiger partial charge in [0, 0.05) is 36.8 Å². The van der Waals surface area contributed by atoms with Crippen LogP contribution in [-0.2, 0) is 10.0 Å². The summed E-state index contributed by atoms with van der Waals surface area (Å²) in [5, 5.41) is 0.577. The molecular formula is C31H33F2N3O5S. The molecule has 4 aromatic rings. The summed E-state index contributed by atoms with van der Waals surface area (Å²) >= 11 is 0. The maximum atomic E-state index is 15.0. The molecule has 11 heteroatoms. The van der Waals surface area contributed by atoms with Crippen molar-refractivity contribution in [2.75, 3.05) is 38.1 Å². The summed E-state index contributed by atoms with van der Waals surface area (Å²) in [6.07, 6.45) is 4.95. The van der Waals surface area contributed by atoms with Crippen LogP contribution in [-0.4, -0.2) is 51.7 Å². The smallest absolute Gasteiger partial charge is 0.264 e. The van der Waals surface area contributed by atoms with E-state index in [4.69, 9.17) is 14.2 Å². The number of benzene rings is 3. The number of anilines is 1. The van der Waals surface area contributed by atoms with Gasteiger partial charge >= 0.3 is 0 Å². The Morgan fingerprint density at radius 3 is 2.60 bits per heavy atom. The molecule has 1 N–H and O–H groups in total. The molecule has 5 rings (SSSR count). The summed E-state index contributed by atoms with van der Waals surface area (Å²) in [5.41, 5.74) is 0.490. The zero-order valence-electron chi connectivity index (χ0n) is 23.5. The molecule has 1 saturated heterocycles. The SMILES string of the molecule is COc1cc2c(Oc3ccc(NS(=O)(=O)c4ccccc4F)cc3F)ccnc2cc1OCCCN1CCCC(C)C1. The summed E-state index contributed by atoms with van der Waals surface area (Å²) < 4.78 is 73.9. The number of hydrogen-bond acceptors (Lipinski definition) is 7. The van der Waals surface area contributed by atoms with Crippen LogP contribution in [0.25, 0.3) is 10.9 Å². The van der Waals surface area contributed by atoms with E-state index in [1.807, 2.05) is 0 Å². The van der Waals surface area contributed by atoms with Crippen LogP contribution < -0.4 is 18.9 Å². The normalized spacial score (nSPS) is 15.9. The summed E-state index contributed by atoms with van der Waals surface area (Å²) in [6, 6.07) is 13.6. The van der Waals surface area contributed by atoms with E-state index in [-0.39, 0.29) is 11.4 Å². The second-order valence-corrected chi connectivity index (χ2v) is 12.0. The first kappa shape index (κ1) is 29.5. The van der Waals surface area contributed by atoms with E-state index in [1.54, 1.807) is 31.5 Å². The molecule has 42 heavy (non-hydrogen) atoms. The zero-order chi connectivity index (χ0) is 29.7. The van der Waals surface area contributed by atoms with Gasteiger partial charge in [0.25, 0.3) is 10.0 Å². The molecule has 1 aliphatic heterocycles. The number of nitrogens with zero attached hydrogens (tertiary/aromatic N) is 2. The van der Waals surface area contributed by atoms with Crippen LogP contribution in [0.1, 0.15) is 26.2 Å². The number of pyridine rings is 1. The number of nitrogens with one attached hydrogen (secondary N) is 1. The summed E-state index contributed by atoms with van der Waals surface area (Å²) in [4.78, 5) is 6.35. The minimum absolute atomic E-state index is 0.0825. The molecule has 0 amide bonds. The highest BCUT2D eigenvalue weighted by atomic mass is 32.2. The van der Waals surface area contributed by atoms with Crippen molar-refractivity contribution in [1.82, 2.24) is 9.88 Å². The number of methoxy groups -OCH3 is 1. The largest absolute Gasteiger partial charge is 0.493 e. The molecule has 0 bridgehead atoms. The van der Waals surface area contributed by atoms with Crippen molar-refractivity contribution in [1.29, 1.82) is 0 Å². The van der Waals surface area contributed by atoms with E-state index >= 15 is 4.39 Å². The van der Waals surface area contributed by atoms with Crippen molar-refractivity contribution < 1.29 is 31.4 Å². The third-order valence-corrected chi connectivity index (χ3v) is 8.55. The van der Waals surface area contributed by atoms with Crippen molar-refractivity contribution in [2.24, 2.45) is 5.92 Å². The molecule has 0 spiro atoms. The molecule has 1 fully saturated rings. The van der Waals surface area contributed by atoms with Crippen LogP contribution >= 0.6 is 0 Å². The molecule has 1 aromatic heterocycles. The van der Waals surface area contributed by atoms with Gasteiger partial charge in [-0.05, 0) is 68.1 Å². The highest BCUT2D eigenvalue weighted by Crippen LogP contribution is 2.38. The summed E-state index contributed by atoms with van der Waals surface area (Å²) in [6.45, 7) is 6.05. The highest BCUT2D eigenvalue weighted by Gasteiger charge is 2.20. The van der Waals surface area contributed by atoms with Gasteiger partial charge < -0.3 is 19.1 Å². The van der Waals surface area contributed by atoms with Crippen LogP contribution in [0.5, 0.6) is 23.0 Å². The lowest BCUT2D eigenvalue weighted by molar-refractivity contribution is 0.169. The van der Waals surface area contributed by atoms with E-state index < -0.39 is 26.6 Å². The van der Waals surface area contributed by atoms with Gasteiger partial charge in [-0.3, -0.25) is 9.71 Å². The molecule has 1 aliphatic rings. The van der Waals surface area contributed by atoms with Crippen molar-refractivity contribution in [2.45, 2.75) is 31.1 Å². The fourth-order valence-electron chi connectivity index (χ4n) is 5.09. The third kappa shape index (κ3) is 6.91. The van der Waals surface area contributed by atoms with Gasteiger partial charge in [0.05, 0.1) is 24.9 Å². The number of piperidine rings is 1. The molecule has 2 heterocycles. The Labute approximate surface area is 244 Å². The fraction of sp³-hybridized carbons (Fsp3) is 0.323. The Hall–Kier alpha value is -3.96. The Balaban J connectivity index is 1.29. The number of ether oxygens (including phenoxy) is 3. The van der Waals surface area contributed by atoms with Gasteiger partial charge in [0.2, 0.25) is 0 Å². The molecule has 1 atom stereocenters. The van der Waals surface area contributed by atoms with E-state index in [0.29, 0.717) is 34.8 Å². The lowest BCUT2D eigenvalue weighted by Crippen LogP contribution is -2.35. The lowest BCUT2D eigenvalue weighted by Gasteiger charge is -2.30. The zero-order valence-corrected chi connectivity index (χ0v) is 24.3. The average Bonchev–Trinajstić information content (AvgIpc) is 2.96. The highest BCUT2D eigenvalue weighted by molar-refractivity contribution is 7.92. The van der Waals surface area contributed by atoms with Crippen LogP contribution in [0.2, 0.25) is 0 Å². The van der Waals surface area contributed by atoms with Crippen LogP contribution in [0, 0.1) is 17.6 Å². The maximum absolute atomic E-state index is 15.0. The molecule has 0 aliphatic carbocycles. The molecule has 8 nitrogen and oxygen atoms in total. The average molecular weight is 598 g/mol. The summed E-state index contributed by atoms with van der Waals surface area (Å²) in [7, 11) is -2.72. The topological polar surface area (TPSA) is 90.0 Å². The number of hydrogen-bond donors (Lipinski definition) is 1. The van der Waals surface area contributed by atoms with E-state index in [1.165, 1.54) is 37.1 Å². The Morgan fingerprint density at radius 2 is 1.83 bits per heavy atom. The molecular weight excluding hydrogens is 564 g/mol. The van der Waals surface area contributed by atoms with Gasteiger partial charge in [0.15, 0.2) is 23.1 Å². The predicted molar refractivity (Wildman–Crippen MR) is 157 cm³/mol. The molecule has 3 aromatic carbocycles. The number of halogens is 2. The molecule has 222 valence electrons. The number of aromatic nitrogens is 1. The molecule has 0 radical (unpaired) electrons.